The summed E-state index contributed by atoms with van der Waals surface area (Å²) in [5.74, 6) is -0.192. The SMILES string of the molecule is CCCNC(=O)CN1C[C@H](c2ccc(OC)cc2)[C@@H](C(=O)O)[C@@H](c2ccc3c(c2)OCO3)C1. The number of hydrogen-bond acceptors (Lipinski definition) is 6. The second-order valence-corrected chi connectivity index (χ2v) is 8.51. The zero-order chi connectivity index (χ0) is 23.4. The number of benzene rings is 2. The van der Waals surface area contributed by atoms with Gasteiger partial charge in [-0.25, -0.2) is 0 Å². The number of nitrogens with one attached hydrogen (secondary N) is 1. The van der Waals surface area contributed by atoms with Crippen LogP contribution in [0.4, 0.5) is 0 Å². The zero-order valence-corrected chi connectivity index (χ0v) is 19.0. The lowest BCUT2D eigenvalue weighted by atomic mass is 9.71. The van der Waals surface area contributed by atoms with Crippen molar-refractivity contribution in [1.29, 1.82) is 0 Å². The summed E-state index contributed by atoms with van der Waals surface area (Å²) in [4.78, 5) is 27.1. The van der Waals surface area contributed by atoms with Gasteiger partial charge in [0.2, 0.25) is 12.7 Å². The molecule has 2 aromatic carbocycles. The quantitative estimate of drug-likeness (QED) is 0.633. The topological polar surface area (TPSA) is 97.3 Å². The summed E-state index contributed by atoms with van der Waals surface area (Å²) >= 11 is 0. The highest BCUT2D eigenvalue weighted by molar-refractivity contribution is 5.78. The normalized spacial score (nSPS) is 22.1. The number of likely N-dealkylation sites (tertiary alicyclic amines) is 1. The maximum Gasteiger partial charge on any atom is 0.307 e. The number of amides is 1. The zero-order valence-electron chi connectivity index (χ0n) is 19.0. The second kappa shape index (κ2) is 10.1. The molecule has 4 rings (SSSR count). The number of carboxylic acid groups (broad SMARTS) is 1. The third kappa shape index (κ3) is 5.06. The third-order valence-corrected chi connectivity index (χ3v) is 6.37. The number of aliphatic carboxylic acids is 1. The van der Waals surface area contributed by atoms with Crippen molar-refractivity contribution in [1.82, 2.24) is 10.2 Å². The van der Waals surface area contributed by atoms with E-state index in [0.29, 0.717) is 36.9 Å². The van der Waals surface area contributed by atoms with Crippen LogP contribution in [0.25, 0.3) is 0 Å². The minimum absolute atomic E-state index is 0.0523. The molecule has 8 nitrogen and oxygen atoms in total. The van der Waals surface area contributed by atoms with Gasteiger partial charge in [0.15, 0.2) is 11.5 Å². The van der Waals surface area contributed by atoms with E-state index < -0.39 is 11.9 Å². The van der Waals surface area contributed by atoms with Crippen LogP contribution in [0, 0.1) is 5.92 Å². The van der Waals surface area contributed by atoms with Crippen LogP contribution in [0.1, 0.15) is 36.3 Å². The van der Waals surface area contributed by atoms with Gasteiger partial charge in [-0.15, -0.1) is 0 Å². The Bertz CT molecular complexity index is 993. The van der Waals surface area contributed by atoms with Crippen LogP contribution in [0.5, 0.6) is 17.2 Å². The summed E-state index contributed by atoms with van der Waals surface area (Å²) in [6.07, 6.45) is 0.862. The average molecular weight is 455 g/mol. The molecule has 1 fully saturated rings. The predicted molar refractivity (Wildman–Crippen MR) is 122 cm³/mol. The van der Waals surface area contributed by atoms with E-state index in [1.165, 1.54) is 0 Å². The van der Waals surface area contributed by atoms with Crippen molar-refractivity contribution in [3.8, 4) is 17.2 Å². The van der Waals surface area contributed by atoms with E-state index in [9.17, 15) is 14.7 Å². The van der Waals surface area contributed by atoms with E-state index in [1.807, 2.05) is 49.4 Å². The van der Waals surface area contributed by atoms with Crippen molar-refractivity contribution in [3.63, 3.8) is 0 Å². The van der Waals surface area contributed by atoms with Crippen LogP contribution in [0.2, 0.25) is 0 Å². The lowest BCUT2D eigenvalue weighted by molar-refractivity contribution is -0.145. The number of piperidine rings is 1. The highest BCUT2D eigenvalue weighted by Crippen LogP contribution is 2.44. The summed E-state index contributed by atoms with van der Waals surface area (Å²) in [5, 5.41) is 13.2. The van der Waals surface area contributed by atoms with Crippen molar-refractivity contribution in [2.75, 3.05) is 40.1 Å². The molecule has 1 amide bonds. The Morgan fingerprint density at radius 2 is 1.73 bits per heavy atom. The predicted octanol–water partition coefficient (Wildman–Crippen LogP) is 2.83. The molecular weight excluding hydrogens is 424 g/mol. The summed E-state index contributed by atoms with van der Waals surface area (Å²) in [6.45, 7) is 3.95. The van der Waals surface area contributed by atoms with E-state index in [4.69, 9.17) is 14.2 Å². The van der Waals surface area contributed by atoms with Gasteiger partial charge < -0.3 is 24.6 Å². The maximum atomic E-state index is 12.6. The Balaban J connectivity index is 1.68. The van der Waals surface area contributed by atoms with Gasteiger partial charge in [0.25, 0.3) is 0 Å². The molecule has 0 aliphatic carbocycles. The van der Waals surface area contributed by atoms with Crippen LogP contribution in [-0.4, -0.2) is 62.0 Å². The van der Waals surface area contributed by atoms with E-state index >= 15 is 0 Å². The Kier molecular flexibility index (Phi) is 7.03. The van der Waals surface area contributed by atoms with Gasteiger partial charge in [-0.2, -0.15) is 0 Å². The molecule has 0 radical (unpaired) electrons. The van der Waals surface area contributed by atoms with Crippen molar-refractivity contribution >= 4 is 11.9 Å². The minimum Gasteiger partial charge on any atom is -0.497 e. The molecule has 2 N–H and O–H groups in total. The van der Waals surface area contributed by atoms with Crippen molar-refractivity contribution < 1.29 is 28.9 Å². The Hall–Kier alpha value is -3.26. The molecule has 8 heteroatoms. The van der Waals surface area contributed by atoms with Gasteiger partial charge in [0.1, 0.15) is 5.75 Å². The molecule has 0 spiro atoms. The van der Waals surface area contributed by atoms with E-state index in [2.05, 4.69) is 10.2 Å². The molecular formula is C25H30N2O6. The van der Waals surface area contributed by atoms with Gasteiger partial charge in [-0.1, -0.05) is 25.1 Å². The fourth-order valence-corrected chi connectivity index (χ4v) is 4.76. The molecule has 176 valence electrons. The average Bonchev–Trinajstić information content (AvgIpc) is 3.30. The summed E-state index contributed by atoms with van der Waals surface area (Å²) in [7, 11) is 1.60. The van der Waals surface area contributed by atoms with E-state index in [1.54, 1.807) is 7.11 Å². The lowest BCUT2D eigenvalue weighted by Gasteiger charge is -2.42. The molecule has 0 bridgehead atoms. The molecule has 0 unspecified atom stereocenters. The Morgan fingerprint density at radius 3 is 2.39 bits per heavy atom. The number of carbonyl (C=O) groups excluding carboxylic acids is 1. The largest absolute Gasteiger partial charge is 0.497 e. The first-order valence-corrected chi connectivity index (χ1v) is 11.3. The van der Waals surface area contributed by atoms with Crippen LogP contribution in [-0.2, 0) is 9.59 Å². The Morgan fingerprint density at radius 1 is 1.06 bits per heavy atom. The standard InChI is InChI=1S/C25H30N2O6/c1-3-10-26-23(28)14-27-12-19(16-4-7-18(31-2)8-5-16)24(25(29)30)20(13-27)17-6-9-21-22(11-17)33-15-32-21/h4-9,11,19-20,24H,3,10,12-15H2,1-2H3,(H,26,28)(H,29,30)/t19-,20-,24-/m1/s1. The van der Waals surface area contributed by atoms with Gasteiger partial charge in [-0.3, -0.25) is 14.5 Å². The van der Waals surface area contributed by atoms with E-state index in [-0.39, 0.29) is 31.1 Å². The minimum atomic E-state index is -0.853. The molecule has 2 aliphatic rings. The number of ether oxygens (including phenoxy) is 3. The van der Waals surface area contributed by atoms with Crippen LogP contribution in [0.3, 0.4) is 0 Å². The number of fused-ring (bicyclic) bond motifs is 1. The fourth-order valence-electron chi connectivity index (χ4n) is 4.76. The maximum absolute atomic E-state index is 12.6. The first-order valence-electron chi connectivity index (χ1n) is 11.3. The van der Waals surface area contributed by atoms with Crippen LogP contribution >= 0.6 is 0 Å². The number of nitrogens with zero attached hydrogens (tertiary/aromatic N) is 1. The van der Waals surface area contributed by atoms with Gasteiger partial charge in [-0.05, 0) is 41.8 Å². The summed E-state index contributed by atoms with van der Waals surface area (Å²) in [5.41, 5.74) is 1.77. The number of methoxy groups -OCH3 is 1. The molecule has 3 atom stereocenters. The highest BCUT2D eigenvalue weighted by Gasteiger charge is 2.43. The molecule has 2 heterocycles. The fraction of sp³-hybridized carbons (Fsp3) is 0.440. The lowest BCUT2D eigenvalue weighted by Crippen LogP contribution is -2.49. The molecule has 2 aromatic rings. The first kappa shape index (κ1) is 22.9. The number of carbonyl (C=O) groups is 2. The third-order valence-electron chi connectivity index (χ3n) is 6.37. The smallest absolute Gasteiger partial charge is 0.307 e. The highest BCUT2D eigenvalue weighted by atomic mass is 16.7. The van der Waals surface area contributed by atoms with Crippen molar-refractivity contribution in [3.05, 3.63) is 53.6 Å². The Labute approximate surface area is 193 Å². The molecule has 1 saturated heterocycles. The van der Waals surface area contributed by atoms with Gasteiger partial charge in [0.05, 0.1) is 19.6 Å². The van der Waals surface area contributed by atoms with Gasteiger partial charge in [0, 0.05) is 31.5 Å². The van der Waals surface area contributed by atoms with Crippen LogP contribution in [0.15, 0.2) is 42.5 Å². The molecule has 0 saturated carbocycles. The first-order chi connectivity index (χ1) is 16.0. The van der Waals surface area contributed by atoms with Gasteiger partial charge >= 0.3 is 5.97 Å². The molecule has 33 heavy (non-hydrogen) atoms. The second-order valence-electron chi connectivity index (χ2n) is 8.51. The summed E-state index contributed by atoms with van der Waals surface area (Å²) < 4.78 is 16.2. The molecule has 2 aliphatic heterocycles. The summed E-state index contributed by atoms with van der Waals surface area (Å²) in [6, 6.07) is 13.1. The number of hydrogen-bond donors (Lipinski definition) is 2. The van der Waals surface area contributed by atoms with Crippen molar-refractivity contribution in [2.24, 2.45) is 5.92 Å². The van der Waals surface area contributed by atoms with E-state index in [0.717, 1.165) is 17.5 Å². The number of carboxylic acids is 1. The molecule has 0 aromatic heterocycles. The van der Waals surface area contributed by atoms with Crippen LogP contribution < -0.4 is 19.5 Å². The monoisotopic (exact) mass is 454 g/mol. The number of rotatable bonds is 8. The van der Waals surface area contributed by atoms with Crippen molar-refractivity contribution in [2.45, 2.75) is 25.2 Å².